The van der Waals surface area contributed by atoms with Gasteiger partial charge in [0.05, 0.1) is 23.1 Å². The van der Waals surface area contributed by atoms with Crippen LogP contribution in [0.25, 0.3) is 22.7 Å². The maximum absolute atomic E-state index is 13.7. The molecule has 0 atom stereocenters. The lowest BCUT2D eigenvalue weighted by Crippen LogP contribution is -2.32. The van der Waals surface area contributed by atoms with Crippen molar-refractivity contribution in [2.24, 2.45) is 5.92 Å². The average Bonchev–Trinajstić information content (AvgIpc) is 3.17. The summed E-state index contributed by atoms with van der Waals surface area (Å²) in [5.41, 5.74) is 0.487. The lowest BCUT2D eigenvalue weighted by atomic mass is 9.87. The number of fused-ring (bicyclic) bond motifs is 1. The molecule has 4 rings (SSSR count). The van der Waals surface area contributed by atoms with E-state index in [0.717, 1.165) is 0 Å². The number of halogens is 5. The molecule has 0 aliphatic heterocycles. The minimum absolute atomic E-state index is 0.0138. The minimum Gasteiger partial charge on any atom is -0.476 e. The van der Waals surface area contributed by atoms with Crippen LogP contribution in [-0.4, -0.2) is 33.8 Å². The van der Waals surface area contributed by atoms with Gasteiger partial charge in [0.2, 0.25) is 5.89 Å². The second-order valence-electron chi connectivity index (χ2n) is 7.59. The van der Waals surface area contributed by atoms with Gasteiger partial charge in [-0.05, 0) is 50.3 Å². The van der Waals surface area contributed by atoms with Crippen LogP contribution in [0, 0.1) is 11.7 Å². The molecule has 0 N–H and O–H groups in total. The zero-order chi connectivity index (χ0) is 22.9. The van der Waals surface area contributed by atoms with Crippen LogP contribution in [0.5, 0.6) is 11.9 Å². The lowest BCUT2D eigenvalue weighted by Gasteiger charge is -2.29. The molecule has 6 nitrogen and oxygen atoms in total. The Kier molecular flexibility index (Phi) is 6.41. The highest BCUT2D eigenvalue weighted by atomic mass is 35.5. The van der Waals surface area contributed by atoms with Crippen molar-refractivity contribution in [3.05, 3.63) is 29.0 Å². The smallest absolute Gasteiger partial charge is 0.391 e. The summed E-state index contributed by atoms with van der Waals surface area (Å²) in [5.74, 6) is -1.69. The Morgan fingerprint density at radius 2 is 1.88 bits per heavy atom. The number of nitrogens with zero attached hydrogens (tertiary/aromatic N) is 3. The first kappa shape index (κ1) is 22.6. The Morgan fingerprint density at radius 3 is 2.56 bits per heavy atom. The second kappa shape index (κ2) is 9.09. The normalized spacial score (nSPS) is 19.3. The van der Waals surface area contributed by atoms with E-state index < -0.39 is 24.0 Å². The van der Waals surface area contributed by atoms with E-state index in [2.05, 4.69) is 15.0 Å². The molecule has 1 aliphatic carbocycles. The number of rotatable bonds is 6. The van der Waals surface area contributed by atoms with Crippen molar-refractivity contribution < 1.29 is 31.5 Å². The first-order valence-electron chi connectivity index (χ1n) is 10.2. The van der Waals surface area contributed by atoms with Gasteiger partial charge in [0.15, 0.2) is 5.52 Å². The standard InChI is InChI=1S/C21H20ClF4N3O3/c1-2-9-30-18-16-19(32-17(27-16)14-10-12(23)5-8-15(14)22)29-20(28-18)31-13-6-3-11(4-7-13)21(24,25)26/h5,8,10-11,13H,2-4,6-7,9H2,1H3. The second-order valence-corrected chi connectivity index (χ2v) is 8.00. The first-order valence-corrected chi connectivity index (χ1v) is 10.6. The van der Waals surface area contributed by atoms with Crippen molar-refractivity contribution in [2.75, 3.05) is 6.61 Å². The van der Waals surface area contributed by atoms with Crippen molar-refractivity contribution in [2.45, 2.75) is 51.3 Å². The maximum atomic E-state index is 13.7. The molecule has 2 heterocycles. The number of hydrogen-bond donors (Lipinski definition) is 0. The van der Waals surface area contributed by atoms with E-state index in [9.17, 15) is 17.6 Å². The number of benzene rings is 1. The molecule has 0 bridgehead atoms. The highest BCUT2D eigenvalue weighted by molar-refractivity contribution is 6.33. The number of ether oxygens (including phenoxy) is 2. The summed E-state index contributed by atoms with van der Waals surface area (Å²) in [7, 11) is 0. The molecular formula is C21H20ClF4N3O3. The molecule has 1 fully saturated rings. The van der Waals surface area contributed by atoms with E-state index in [0.29, 0.717) is 13.0 Å². The Labute approximate surface area is 185 Å². The Balaban J connectivity index is 1.62. The van der Waals surface area contributed by atoms with Gasteiger partial charge in [-0.15, -0.1) is 0 Å². The van der Waals surface area contributed by atoms with E-state index in [4.69, 9.17) is 25.5 Å². The molecule has 1 saturated carbocycles. The topological polar surface area (TPSA) is 70.3 Å². The van der Waals surface area contributed by atoms with Crippen LogP contribution in [0.15, 0.2) is 22.6 Å². The van der Waals surface area contributed by atoms with Gasteiger partial charge in [0.25, 0.3) is 11.6 Å². The van der Waals surface area contributed by atoms with Crippen LogP contribution in [0.3, 0.4) is 0 Å². The molecule has 172 valence electrons. The van der Waals surface area contributed by atoms with Crippen molar-refractivity contribution >= 4 is 22.8 Å². The van der Waals surface area contributed by atoms with Crippen LogP contribution in [0.4, 0.5) is 17.6 Å². The SMILES string of the molecule is CCCOc1nc(OC2CCC(C(F)(F)F)CC2)nc2oc(-c3cc(F)ccc3Cl)nc12. The largest absolute Gasteiger partial charge is 0.476 e. The van der Waals surface area contributed by atoms with Crippen molar-refractivity contribution in [1.82, 2.24) is 15.0 Å². The van der Waals surface area contributed by atoms with Gasteiger partial charge in [-0.25, -0.2) is 9.37 Å². The molecular weight excluding hydrogens is 454 g/mol. The third kappa shape index (κ3) is 4.90. The van der Waals surface area contributed by atoms with Crippen LogP contribution in [0.2, 0.25) is 5.02 Å². The quantitative estimate of drug-likeness (QED) is 0.388. The van der Waals surface area contributed by atoms with Gasteiger partial charge in [0.1, 0.15) is 11.9 Å². The summed E-state index contributed by atoms with van der Waals surface area (Å²) < 4.78 is 69.5. The van der Waals surface area contributed by atoms with E-state index in [1.54, 1.807) is 0 Å². The predicted molar refractivity (Wildman–Crippen MR) is 108 cm³/mol. The Hall–Kier alpha value is -2.62. The van der Waals surface area contributed by atoms with Gasteiger partial charge in [-0.2, -0.15) is 23.1 Å². The van der Waals surface area contributed by atoms with Crippen molar-refractivity contribution in [3.63, 3.8) is 0 Å². The van der Waals surface area contributed by atoms with E-state index in [1.165, 1.54) is 18.2 Å². The van der Waals surface area contributed by atoms with Crippen LogP contribution >= 0.6 is 11.6 Å². The zero-order valence-corrected chi connectivity index (χ0v) is 17.8. The summed E-state index contributed by atoms with van der Waals surface area (Å²) >= 11 is 6.15. The predicted octanol–water partition coefficient (Wildman–Crippen LogP) is 6.37. The summed E-state index contributed by atoms with van der Waals surface area (Å²) in [4.78, 5) is 12.8. The van der Waals surface area contributed by atoms with Crippen LogP contribution in [0.1, 0.15) is 39.0 Å². The summed E-state index contributed by atoms with van der Waals surface area (Å²) in [6.45, 7) is 2.25. The molecule has 0 radical (unpaired) electrons. The maximum Gasteiger partial charge on any atom is 0.391 e. The van der Waals surface area contributed by atoms with Crippen molar-refractivity contribution in [1.29, 1.82) is 0 Å². The fourth-order valence-electron chi connectivity index (χ4n) is 3.56. The highest BCUT2D eigenvalue weighted by Crippen LogP contribution is 2.39. The number of hydrogen-bond acceptors (Lipinski definition) is 6. The van der Waals surface area contributed by atoms with Gasteiger partial charge in [-0.3, -0.25) is 0 Å². The number of alkyl halides is 3. The fraction of sp³-hybridized carbons (Fsp3) is 0.476. The molecule has 0 amide bonds. The molecule has 1 aliphatic rings. The monoisotopic (exact) mass is 473 g/mol. The van der Waals surface area contributed by atoms with Gasteiger partial charge < -0.3 is 13.9 Å². The zero-order valence-electron chi connectivity index (χ0n) is 17.1. The highest BCUT2D eigenvalue weighted by Gasteiger charge is 2.42. The molecule has 3 aromatic rings. The molecule has 2 aromatic heterocycles. The summed E-state index contributed by atoms with van der Waals surface area (Å²) in [6, 6.07) is 3.70. The third-order valence-electron chi connectivity index (χ3n) is 5.22. The molecule has 1 aromatic carbocycles. The van der Waals surface area contributed by atoms with Gasteiger partial charge >= 0.3 is 12.2 Å². The molecule has 0 spiro atoms. The van der Waals surface area contributed by atoms with E-state index >= 15 is 0 Å². The average molecular weight is 474 g/mol. The Bertz CT molecular complexity index is 1100. The van der Waals surface area contributed by atoms with E-state index in [1.807, 2.05) is 6.92 Å². The van der Waals surface area contributed by atoms with Gasteiger partial charge in [-0.1, -0.05) is 18.5 Å². The lowest BCUT2D eigenvalue weighted by molar-refractivity contribution is -0.185. The Morgan fingerprint density at radius 1 is 1.12 bits per heavy atom. The molecule has 11 heteroatoms. The van der Waals surface area contributed by atoms with Crippen LogP contribution < -0.4 is 9.47 Å². The van der Waals surface area contributed by atoms with E-state index in [-0.39, 0.29) is 65.3 Å². The first-order chi connectivity index (χ1) is 15.2. The fourth-order valence-corrected chi connectivity index (χ4v) is 3.76. The number of oxazole rings is 1. The van der Waals surface area contributed by atoms with Crippen LogP contribution in [-0.2, 0) is 0 Å². The molecule has 32 heavy (non-hydrogen) atoms. The minimum atomic E-state index is -4.20. The van der Waals surface area contributed by atoms with Crippen molar-refractivity contribution in [3.8, 4) is 23.3 Å². The number of aromatic nitrogens is 3. The summed E-state index contributed by atoms with van der Waals surface area (Å²) in [6.07, 6.45) is -3.51. The third-order valence-corrected chi connectivity index (χ3v) is 5.55. The molecule has 0 saturated heterocycles. The summed E-state index contributed by atoms with van der Waals surface area (Å²) in [5, 5.41) is 0.236. The van der Waals surface area contributed by atoms with Gasteiger partial charge in [0, 0.05) is 0 Å². The molecule has 0 unspecified atom stereocenters.